The van der Waals surface area contributed by atoms with Crippen LogP contribution in [0, 0.1) is 5.92 Å². The Morgan fingerprint density at radius 2 is 1.78 bits per heavy atom. The number of Topliss-reactive ketones (excluding diaryl/α,β-unsaturated/α-hetero) is 1. The van der Waals surface area contributed by atoms with Crippen molar-refractivity contribution in [1.29, 1.82) is 0 Å². The van der Waals surface area contributed by atoms with E-state index < -0.39 is 17.7 Å². The van der Waals surface area contributed by atoms with Crippen molar-refractivity contribution in [3.05, 3.63) is 35.4 Å². The van der Waals surface area contributed by atoms with Crippen LogP contribution < -0.4 is 0 Å². The lowest BCUT2D eigenvalue weighted by molar-refractivity contribution is -0.139. The Balaban J connectivity index is 1.62. The molecule has 2 aliphatic heterocycles. The molecule has 1 aromatic carbocycles. The molecule has 5 nitrogen and oxygen atoms in total. The maximum Gasteiger partial charge on any atom is 0.416 e. The van der Waals surface area contributed by atoms with Crippen LogP contribution in [0.1, 0.15) is 41.6 Å². The lowest BCUT2D eigenvalue weighted by Crippen LogP contribution is -2.46. The molecule has 1 atom stereocenters. The number of likely N-dealkylation sites (tertiary alicyclic amines) is 2. The first-order valence-corrected chi connectivity index (χ1v) is 9.03. The van der Waals surface area contributed by atoms with Gasteiger partial charge in [0, 0.05) is 37.5 Å². The first-order valence-electron chi connectivity index (χ1n) is 9.03. The number of rotatable bonds is 4. The lowest BCUT2D eigenvalue weighted by Gasteiger charge is -2.33. The van der Waals surface area contributed by atoms with Crippen molar-refractivity contribution >= 4 is 17.6 Å². The molecule has 0 saturated carbocycles. The first-order chi connectivity index (χ1) is 12.8. The van der Waals surface area contributed by atoms with Gasteiger partial charge in [-0.2, -0.15) is 13.2 Å². The number of ketones is 1. The van der Waals surface area contributed by atoms with Gasteiger partial charge in [0.05, 0.1) is 12.1 Å². The van der Waals surface area contributed by atoms with E-state index >= 15 is 0 Å². The highest BCUT2D eigenvalue weighted by atomic mass is 19.4. The summed E-state index contributed by atoms with van der Waals surface area (Å²) in [5.41, 5.74) is -0.577. The van der Waals surface area contributed by atoms with E-state index in [1.807, 2.05) is 0 Å². The van der Waals surface area contributed by atoms with Crippen molar-refractivity contribution in [3.63, 3.8) is 0 Å². The topological polar surface area (TPSA) is 57.7 Å². The van der Waals surface area contributed by atoms with Gasteiger partial charge in [0.1, 0.15) is 0 Å². The maximum absolute atomic E-state index is 12.7. The minimum atomic E-state index is -4.44. The number of hydrogen-bond donors (Lipinski definition) is 0. The Hall–Kier alpha value is -2.38. The van der Waals surface area contributed by atoms with Gasteiger partial charge in [0.15, 0.2) is 5.78 Å². The highest BCUT2D eigenvalue weighted by molar-refractivity contribution is 5.98. The number of carbonyl (C=O) groups excluding carboxylic acids is 3. The van der Waals surface area contributed by atoms with Gasteiger partial charge < -0.3 is 9.80 Å². The number of amides is 2. The van der Waals surface area contributed by atoms with Gasteiger partial charge in [-0.25, -0.2) is 0 Å². The van der Waals surface area contributed by atoms with Crippen molar-refractivity contribution < 1.29 is 27.6 Å². The van der Waals surface area contributed by atoms with Crippen LogP contribution in [0.5, 0.6) is 0 Å². The molecule has 1 aromatic rings. The van der Waals surface area contributed by atoms with Crippen molar-refractivity contribution in [2.75, 3.05) is 26.2 Å². The molecule has 0 radical (unpaired) electrons. The summed E-state index contributed by atoms with van der Waals surface area (Å²) in [7, 11) is 0. The highest BCUT2D eigenvalue weighted by Crippen LogP contribution is 2.30. The molecular weight excluding hydrogens is 361 g/mol. The van der Waals surface area contributed by atoms with Crippen LogP contribution >= 0.6 is 0 Å². The van der Waals surface area contributed by atoms with Gasteiger partial charge in [-0.3, -0.25) is 14.4 Å². The van der Waals surface area contributed by atoms with Crippen LogP contribution in [-0.2, 0) is 15.8 Å². The second-order valence-corrected chi connectivity index (χ2v) is 7.04. The van der Waals surface area contributed by atoms with Gasteiger partial charge in [0.2, 0.25) is 11.8 Å². The van der Waals surface area contributed by atoms with E-state index in [0.717, 1.165) is 18.6 Å². The summed E-state index contributed by atoms with van der Waals surface area (Å²) in [5.74, 6) is -0.903. The van der Waals surface area contributed by atoms with Gasteiger partial charge in [-0.1, -0.05) is 12.1 Å². The number of carbonyl (C=O) groups is 3. The summed E-state index contributed by atoms with van der Waals surface area (Å²) in [5, 5.41) is 0. The van der Waals surface area contributed by atoms with E-state index in [0.29, 0.717) is 32.4 Å². The van der Waals surface area contributed by atoms with E-state index in [1.54, 1.807) is 4.90 Å². The smallest absolute Gasteiger partial charge is 0.340 e. The van der Waals surface area contributed by atoms with Crippen LogP contribution in [-0.4, -0.2) is 53.6 Å². The SMILES string of the molecule is O=C(c1ccc(C(F)(F)F)cc1)[C@@H]1CCCN(C(=O)CN2CCCC2=O)C1. The van der Waals surface area contributed by atoms with Crippen molar-refractivity contribution in [2.24, 2.45) is 5.92 Å². The number of piperidine rings is 1. The Kier molecular flexibility index (Phi) is 5.53. The van der Waals surface area contributed by atoms with E-state index in [9.17, 15) is 27.6 Å². The van der Waals surface area contributed by atoms with Gasteiger partial charge in [-0.05, 0) is 31.4 Å². The summed E-state index contributed by atoms with van der Waals surface area (Å²) >= 11 is 0. The molecule has 3 rings (SSSR count). The molecule has 0 N–H and O–H groups in total. The summed E-state index contributed by atoms with van der Waals surface area (Å²) < 4.78 is 38.0. The predicted molar refractivity (Wildman–Crippen MR) is 90.9 cm³/mol. The average molecular weight is 382 g/mol. The summed E-state index contributed by atoms with van der Waals surface area (Å²) in [6.07, 6.45) is -1.99. The third kappa shape index (κ3) is 4.48. The molecule has 2 amide bonds. The van der Waals surface area contributed by atoms with Crippen molar-refractivity contribution in [1.82, 2.24) is 9.80 Å². The Labute approximate surface area is 155 Å². The fraction of sp³-hybridized carbons (Fsp3) is 0.526. The molecule has 2 fully saturated rings. The fourth-order valence-electron chi connectivity index (χ4n) is 3.61. The largest absolute Gasteiger partial charge is 0.416 e. The molecule has 146 valence electrons. The highest BCUT2D eigenvalue weighted by Gasteiger charge is 2.33. The van der Waals surface area contributed by atoms with E-state index in [-0.39, 0.29) is 36.3 Å². The Bertz CT molecular complexity index is 731. The van der Waals surface area contributed by atoms with Crippen LogP contribution in [0.25, 0.3) is 0 Å². The summed E-state index contributed by atoms with van der Waals surface area (Å²) in [4.78, 5) is 39.9. The summed E-state index contributed by atoms with van der Waals surface area (Å²) in [6.45, 7) is 1.37. The third-order valence-corrected chi connectivity index (χ3v) is 5.14. The maximum atomic E-state index is 12.7. The molecular formula is C19H21F3N2O3. The fourth-order valence-corrected chi connectivity index (χ4v) is 3.61. The van der Waals surface area contributed by atoms with Gasteiger partial charge in [0.25, 0.3) is 0 Å². The van der Waals surface area contributed by atoms with Crippen molar-refractivity contribution in [2.45, 2.75) is 31.9 Å². The zero-order chi connectivity index (χ0) is 19.6. The molecule has 8 heteroatoms. The number of benzene rings is 1. The quantitative estimate of drug-likeness (QED) is 0.753. The minimum absolute atomic E-state index is 0.0278. The standard InChI is InChI=1S/C19H21F3N2O3/c20-19(21,22)15-7-5-13(6-8-15)18(27)14-3-1-9-23(11-14)17(26)12-24-10-2-4-16(24)25/h5-8,14H,1-4,9-12H2/t14-/m1/s1. The second-order valence-electron chi connectivity index (χ2n) is 7.04. The molecule has 0 bridgehead atoms. The zero-order valence-corrected chi connectivity index (χ0v) is 14.8. The second kappa shape index (κ2) is 7.70. The van der Waals surface area contributed by atoms with E-state index in [1.165, 1.54) is 17.0 Å². The molecule has 27 heavy (non-hydrogen) atoms. The normalized spacial score (nSPS) is 20.9. The van der Waals surface area contributed by atoms with Crippen LogP contribution in [0.15, 0.2) is 24.3 Å². The average Bonchev–Trinajstić information content (AvgIpc) is 3.05. The molecule has 0 aromatic heterocycles. The number of alkyl halides is 3. The third-order valence-electron chi connectivity index (χ3n) is 5.14. The van der Waals surface area contributed by atoms with E-state index in [2.05, 4.69) is 0 Å². The summed E-state index contributed by atoms with van der Waals surface area (Å²) in [6, 6.07) is 4.18. The van der Waals surface area contributed by atoms with Gasteiger partial charge in [-0.15, -0.1) is 0 Å². The Morgan fingerprint density at radius 1 is 1.07 bits per heavy atom. The monoisotopic (exact) mass is 382 g/mol. The van der Waals surface area contributed by atoms with Crippen LogP contribution in [0.4, 0.5) is 13.2 Å². The van der Waals surface area contributed by atoms with Crippen molar-refractivity contribution in [3.8, 4) is 0 Å². The molecule has 0 spiro atoms. The van der Waals surface area contributed by atoms with Crippen LogP contribution in [0.3, 0.4) is 0 Å². The lowest BCUT2D eigenvalue weighted by atomic mass is 9.89. The minimum Gasteiger partial charge on any atom is -0.340 e. The number of nitrogens with zero attached hydrogens (tertiary/aromatic N) is 2. The van der Waals surface area contributed by atoms with Gasteiger partial charge >= 0.3 is 6.18 Å². The number of hydrogen-bond acceptors (Lipinski definition) is 3. The molecule has 2 heterocycles. The predicted octanol–water partition coefficient (Wildman–Crippen LogP) is 2.75. The molecule has 0 aliphatic carbocycles. The molecule has 2 saturated heterocycles. The first kappa shape index (κ1) is 19.4. The number of halogens is 3. The van der Waals surface area contributed by atoms with Crippen LogP contribution in [0.2, 0.25) is 0 Å². The van der Waals surface area contributed by atoms with E-state index in [4.69, 9.17) is 0 Å². The Morgan fingerprint density at radius 3 is 2.37 bits per heavy atom. The molecule has 0 unspecified atom stereocenters. The molecule has 2 aliphatic rings. The zero-order valence-electron chi connectivity index (χ0n) is 14.8.